The quantitative estimate of drug-likeness (QED) is 0.809. The van der Waals surface area contributed by atoms with Gasteiger partial charge in [0.1, 0.15) is 0 Å². The van der Waals surface area contributed by atoms with Crippen molar-refractivity contribution in [3.05, 3.63) is 35.4 Å². The van der Waals surface area contributed by atoms with Crippen LogP contribution in [0.3, 0.4) is 0 Å². The normalized spacial score (nSPS) is 12.6. The Balaban J connectivity index is 2.52. The predicted octanol–water partition coefficient (Wildman–Crippen LogP) is 1.59. The molecule has 0 aliphatic heterocycles. The van der Waals surface area contributed by atoms with Crippen LogP contribution in [0.2, 0.25) is 0 Å². The minimum Gasteiger partial charge on any atom is -0.351 e. The lowest BCUT2D eigenvalue weighted by Gasteiger charge is -2.15. The highest BCUT2D eigenvalue weighted by Crippen LogP contribution is 2.06. The Bertz CT molecular complexity index is 361. The van der Waals surface area contributed by atoms with Gasteiger partial charge in [-0.25, -0.2) is 0 Å². The van der Waals surface area contributed by atoms with Gasteiger partial charge in [-0.05, 0) is 24.0 Å². The molecule has 1 amide bonds. The molecule has 1 atom stereocenters. The fourth-order valence-electron chi connectivity index (χ4n) is 1.41. The van der Waals surface area contributed by atoms with Crippen molar-refractivity contribution in [3.8, 4) is 0 Å². The molecule has 0 spiro atoms. The first-order valence-electron chi connectivity index (χ1n) is 5.60. The van der Waals surface area contributed by atoms with Crippen molar-refractivity contribution < 1.29 is 4.79 Å². The van der Waals surface area contributed by atoms with Crippen molar-refractivity contribution in [1.29, 1.82) is 0 Å². The van der Waals surface area contributed by atoms with E-state index in [2.05, 4.69) is 5.32 Å². The molecule has 0 radical (unpaired) electrons. The summed E-state index contributed by atoms with van der Waals surface area (Å²) in [5.41, 5.74) is 8.06. The summed E-state index contributed by atoms with van der Waals surface area (Å²) in [6.07, 6.45) is 0. The second kappa shape index (κ2) is 5.66. The molecule has 1 aromatic rings. The predicted molar refractivity (Wildman–Crippen MR) is 65.8 cm³/mol. The SMILES string of the molecule is Cc1ccccc1CNC(=O)[C@H](N)C(C)C. The first kappa shape index (κ1) is 12.7. The van der Waals surface area contributed by atoms with Crippen LogP contribution < -0.4 is 11.1 Å². The Kier molecular flexibility index (Phi) is 4.50. The lowest BCUT2D eigenvalue weighted by atomic mass is 10.0. The molecule has 16 heavy (non-hydrogen) atoms. The molecular formula is C13H20N2O. The van der Waals surface area contributed by atoms with Gasteiger partial charge >= 0.3 is 0 Å². The van der Waals surface area contributed by atoms with E-state index in [1.807, 2.05) is 45.0 Å². The van der Waals surface area contributed by atoms with E-state index in [9.17, 15) is 4.79 Å². The van der Waals surface area contributed by atoms with Crippen LogP contribution in [0, 0.1) is 12.8 Å². The van der Waals surface area contributed by atoms with Crippen LogP contribution in [-0.4, -0.2) is 11.9 Å². The van der Waals surface area contributed by atoms with Crippen molar-refractivity contribution in [2.24, 2.45) is 11.7 Å². The molecule has 0 unspecified atom stereocenters. The average Bonchev–Trinajstić information content (AvgIpc) is 2.26. The monoisotopic (exact) mass is 220 g/mol. The standard InChI is InChI=1S/C13H20N2O/c1-9(2)12(14)13(16)15-8-11-7-5-4-6-10(11)3/h4-7,9,12H,8,14H2,1-3H3,(H,15,16)/t12-/m1/s1. The van der Waals surface area contributed by atoms with Crippen molar-refractivity contribution in [2.75, 3.05) is 0 Å². The van der Waals surface area contributed by atoms with Gasteiger partial charge in [0.15, 0.2) is 0 Å². The molecule has 0 saturated carbocycles. The Morgan fingerprint density at radius 3 is 2.56 bits per heavy atom. The number of carbonyl (C=O) groups is 1. The van der Waals surface area contributed by atoms with E-state index in [-0.39, 0.29) is 11.8 Å². The summed E-state index contributed by atoms with van der Waals surface area (Å²) in [7, 11) is 0. The molecule has 3 heteroatoms. The van der Waals surface area contributed by atoms with Crippen LogP contribution >= 0.6 is 0 Å². The Hall–Kier alpha value is -1.35. The molecule has 0 fully saturated rings. The van der Waals surface area contributed by atoms with Crippen LogP contribution in [0.25, 0.3) is 0 Å². The van der Waals surface area contributed by atoms with Gasteiger partial charge in [0.2, 0.25) is 5.91 Å². The number of benzene rings is 1. The van der Waals surface area contributed by atoms with Gasteiger partial charge in [-0.2, -0.15) is 0 Å². The number of amides is 1. The molecule has 88 valence electrons. The third kappa shape index (κ3) is 3.35. The highest BCUT2D eigenvalue weighted by Gasteiger charge is 2.16. The lowest BCUT2D eigenvalue weighted by Crippen LogP contribution is -2.43. The number of rotatable bonds is 4. The fourth-order valence-corrected chi connectivity index (χ4v) is 1.41. The van der Waals surface area contributed by atoms with E-state index in [0.29, 0.717) is 6.54 Å². The summed E-state index contributed by atoms with van der Waals surface area (Å²) < 4.78 is 0. The summed E-state index contributed by atoms with van der Waals surface area (Å²) in [5, 5.41) is 2.86. The lowest BCUT2D eigenvalue weighted by molar-refractivity contribution is -0.123. The number of hydrogen-bond donors (Lipinski definition) is 2. The molecule has 0 heterocycles. The maximum absolute atomic E-state index is 11.6. The third-order valence-corrected chi connectivity index (χ3v) is 2.74. The molecule has 1 rings (SSSR count). The molecule has 0 aliphatic rings. The molecule has 0 saturated heterocycles. The average molecular weight is 220 g/mol. The number of nitrogens with two attached hydrogens (primary N) is 1. The summed E-state index contributed by atoms with van der Waals surface area (Å²) >= 11 is 0. The van der Waals surface area contributed by atoms with Crippen LogP contribution in [0.1, 0.15) is 25.0 Å². The smallest absolute Gasteiger partial charge is 0.237 e. The first-order valence-corrected chi connectivity index (χ1v) is 5.60. The van der Waals surface area contributed by atoms with Gasteiger partial charge in [0, 0.05) is 6.54 Å². The van der Waals surface area contributed by atoms with Crippen molar-refractivity contribution >= 4 is 5.91 Å². The molecule has 0 aromatic heterocycles. The van der Waals surface area contributed by atoms with Gasteiger partial charge in [-0.15, -0.1) is 0 Å². The van der Waals surface area contributed by atoms with Gasteiger partial charge < -0.3 is 11.1 Å². The highest BCUT2D eigenvalue weighted by atomic mass is 16.2. The van der Waals surface area contributed by atoms with E-state index in [4.69, 9.17) is 5.73 Å². The number of hydrogen-bond acceptors (Lipinski definition) is 2. The molecule has 3 nitrogen and oxygen atoms in total. The Morgan fingerprint density at radius 2 is 2.00 bits per heavy atom. The van der Waals surface area contributed by atoms with E-state index >= 15 is 0 Å². The molecule has 1 aromatic carbocycles. The van der Waals surface area contributed by atoms with Crippen molar-refractivity contribution in [2.45, 2.75) is 33.4 Å². The zero-order valence-corrected chi connectivity index (χ0v) is 10.2. The third-order valence-electron chi connectivity index (χ3n) is 2.74. The summed E-state index contributed by atoms with van der Waals surface area (Å²) in [6.45, 7) is 6.46. The van der Waals surface area contributed by atoms with Gasteiger partial charge in [-0.3, -0.25) is 4.79 Å². The summed E-state index contributed by atoms with van der Waals surface area (Å²) in [6, 6.07) is 7.57. The summed E-state index contributed by atoms with van der Waals surface area (Å²) in [4.78, 5) is 11.6. The number of aryl methyl sites for hydroxylation is 1. The van der Waals surface area contributed by atoms with Crippen LogP contribution in [0.4, 0.5) is 0 Å². The van der Waals surface area contributed by atoms with E-state index in [1.165, 1.54) is 5.56 Å². The Labute approximate surface area is 97.0 Å². The minimum absolute atomic E-state index is 0.0850. The van der Waals surface area contributed by atoms with Gasteiger partial charge in [-0.1, -0.05) is 38.1 Å². The van der Waals surface area contributed by atoms with Gasteiger partial charge in [0.05, 0.1) is 6.04 Å². The molecule has 0 aliphatic carbocycles. The molecule has 0 bridgehead atoms. The fraction of sp³-hybridized carbons (Fsp3) is 0.462. The van der Waals surface area contributed by atoms with E-state index in [0.717, 1.165) is 5.56 Å². The van der Waals surface area contributed by atoms with Crippen LogP contribution in [0.5, 0.6) is 0 Å². The zero-order chi connectivity index (χ0) is 12.1. The topological polar surface area (TPSA) is 55.1 Å². The highest BCUT2D eigenvalue weighted by molar-refractivity contribution is 5.81. The second-order valence-electron chi connectivity index (χ2n) is 4.41. The largest absolute Gasteiger partial charge is 0.351 e. The minimum atomic E-state index is -0.427. The van der Waals surface area contributed by atoms with Gasteiger partial charge in [0.25, 0.3) is 0 Å². The maximum atomic E-state index is 11.6. The first-order chi connectivity index (χ1) is 7.52. The van der Waals surface area contributed by atoms with Crippen LogP contribution in [-0.2, 0) is 11.3 Å². The molecular weight excluding hydrogens is 200 g/mol. The van der Waals surface area contributed by atoms with E-state index in [1.54, 1.807) is 0 Å². The summed E-state index contributed by atoms with van der Waals surface area (Å²) in [5.74, 6) is 0.0788. The number of nitrogens with one attached hydrogen (secondary N) is 1. The van der Waals surface area contributed by atoms with Crippen LogP contribution in [0.15, 0.2) is 24.3 Å². The number of carbonyl (C=O) groups excluding carboxylic acids is 1. The maximum Gasteiger partial charge on any atom is 0.237 e. The molecule has 3 N–H and O–H groups in total. The van der Waals surface area contributed by atoms with Crippen molar-refractivity contribution in [1.82, 2.24) is 5.32 Å². The van der Waals surface area contributed by atoms with E-state index < -0.39 is 6.04 Å². The zero-order valence-electron chi connectivity index (χ0n) is 10.2. The Morgan fingerprint density at radius 1 is 1.38 bits per heavy atom. The van der Waals surface area contributed by atoms with Crippen molar-refractivity contribution in [3.63, 3.8) is 0 Å². The second-order valence-corrected chi connectivity index (χ2v) is 4.41.